The predicted octanol–water partition coefficient (Wildman–Crippen LogP) is -2.53. The van der Waals surface area contributed by atoms with Crippen molar-refractivity contribution in [1.82, 2.24) is 0 Å². The molecule has 3 heteroatoms. The van der Waals surface area contributed by atoms with Crippen LogP contribution < -0.4 is 45.2 Å². The standard InChI is InChI=1S/C12H9ClI.HI/c13-10-6-8-12(9-7-10)14-11-4-2-1-3-5-11;/h1-9H;1H/q+1;/p-1. The maximum absolute atomic E-state index is 5.83. The highest BCUT2D eigenvalue weighted by atomic mass is 127. The highest BCUT2D eigenvalue weighted by molar-refractivity contribution is 6.30. The van der Waals surface area contributed by atoms with E-state index in [1.54, 1.807) is 0 Å². The lowest BCUT2D eigenvalue weighted by molar-refractivity contribution is -0.597. The summed E-state index contributed by atoms with van der Waals surface area (Å²) in [7, 11) is 0. The maximum atomic E-state index is 5.83. The Morgan fingerprint density at radius 1 is 0.733 bits per heavy atom. The summed E-state index contributed by atoms with van der Waals surface area (Å²) in [5.74, 6) is 0. The zero-order valence-electron chi connectivity index (χ0n) is 7.83. The molecule has 0 saturated carbocycles. The zero-order valence-corrected chi connectivity index (χ0v) is 12.9. The molecule has 78 valence electrons. The van der Waals surface area contributed by atoms with E-state index in [1.807, 2.05) is 12.1 Å². The van der Waals surface area contributed by atoms with Crippen LogP contribution in [0.1, 0.15) is 0 Å². The molecule has 0 spiro atoms. The molecule has 0 amide bonds. The molecule has 0 bridgehead atoms. The summed E-state index contributed by atoms with van der Waals surface area (Å²) in [6.45, 7) is 0. The summed E-state index contributed by atoms with van der Waals surface area (Å²) in [5.41, 5.74) is 0. The number of benzene rings is 2. The second-order valence-corrected chi connectivity index (χ2v) is 6.29. The van der Waals surface area contributed by atoms with Crippen LogP contribution in [0.25, 0.3) is 0 Å². The summed E-state index contributed by atoms with van der Waals surface area (Å²) in [5, 5.41) is 0.811. The van der Waals surface area contributed by atoms with Crippen LogP contribution in [0.4, 0.5) is 0 Å². The summed E-state index contributed by atoms with van der Waals surface area (Å²) in [6.07, 6.45) is 0. The lowest BCUT2D eigenvalue weighted by Crippen LogP contribution is -3.61. The molecule has 0 saturated heterocycles. The van der Waals surface area contributed by atoms with Gasteiger partial charge in [0.25, 0.3) is 0 Å². The molecule has 0 atom stereocenters. The summed E-state index contributed by atoms with van der Waals surface area (Å²) >= 11 is 5.78. The van der Waals surface area contributed by atoms with Gasteiger partial charge >= 0.3 is 21.2 Å². The average Bonchev–Trinajstić information content (AvgIpc) is 2.23. The molecule has 0 aliphatic rings. The third kappa shape index (κ3) is 4.28. The fourth-order valence-electron chi connectivity index (χ4n) is 1.10. The highest BCUT2D eigenvalue weighted by Crippen LogP contribution is 2.04. The van der Waals surface area contributed by atoms with E-state index in [1.165, 1.54) is 7.14 Å². The second kappa shape index (κ2) is 6.70. The van der Waals surface area contributed by atoms with Gasteiger partial charge in [-0.15, -0.1) is 0 Å². The molecule has 0 aliphatic heterocycles. The van der Waals surface area contributed by atoms with Gasteiger partial charge in [0.2, 0.25) is 0 Å². The molecular formula is C12H9ClI2. The van der Waals surface area contributed by atoms with Gasteiger partial charge < -0.3 is 24.0 Å². The quantitative estimate of drug-likeness (QED) is 0.451. The van der Waals surface area contributed by atoms with E-state index in [-0.39, 0.29) is 45.2 Å². The monoisotopic (exact) mass is 442 g/mol. The van der Waals surface area contributed by atoms with Crippen LogP contribution >= 0.6 is 11.6 Å². The van der Waals surface area contributed by atoms with Crippen LogP contribution in [0.5, 0.6) is 0 Å². The summed E-state index contributed by atoms with van der Waals surface area (Å²) in [6, 6.07) is 18.7. The van der Waals surface area contributed by atoms with Crippen molar-refractivity contribution in [2.75, 3.05) is 0 Å². The van der Waals surface area contributed by atoms with Crippen LogP contribution in [-0.4, -0.2) is 0 Å². The van der Waals surface area contributed by atoms with Gasteiger partial charge in [-0.05, 0) is 36.4 Å². The smallest absolute Gasteiger partial charge is 0.357 e. The topological polar surface area (TPSA) is 0 Å². The first-order chi connectivity index (χ1) is 6.84. The zero-order chi connectivity index (χ0) is 9.80. The number of halogens is 3. The summed E-state index contributed by atoms with van der Waals surface area (Å²) < 4.78 is 2.84. The van der Waals surface area contributed by atoms with E-state index in [0.717, 1.165) is 5.02 Å². The van der Waals surface area contributed by atoms with Gasteiger partial charge in [0.05, 0.1) is 0 Å². The van der Waals surface area contributed by atoms with Crippen molar-refractivity contribution in [3.8, 4) is 0 Å². The molecule has 0 aliphatic carbocycles. The first-order valence-electron chi connectivity index (χ1n) is 4.30. The Balaban J connectivity index is 0.00000112. The summed E-state index contributed by atoms with van der Waals surface area (Å²) in [4.78, 5) is 0. The van der Waals surface area contributed by atoms with Gasteiger partial charge in [-0.3, -0.25) is 0 Å². The molecule has 0 heterocycles. The second-order valence-electron chi connectivity index (χ2n) is 2.83. The Hall–Kier alpha value is 0.190. The van der Waals surface area contributed by atoms with E-state index >= 15 is 0 Å². The fraction of sp³-hybridized carbons (Fsp3) is 0. The van der Waals surface area contributed by atoms with Gasteiger partial charge in [-0.2, -0.15) is 0 Å². The van der Waals surface area contributed by atoms with Gasteiger partial charge in [0, 0.05) is 5.02 Å². The molecule has 15 heavy (non-hydrogen) atoms. The third-order valence-corrected chi connectivity index (χ3v) is 4.69. The van der Waals surface area contributed by atoms with E-state index < -0.39 is 0 Å². The molecule has 0 radical (unpaired) electrons. The van der Waals surface area contributed by atoms with Crippen molar-refractivity contribution in [3.63, 3.8) is 0 Å². The van der Waals surface area contributed by atoms with Gasteiger partial charge in [0.1, 0.15) is 0 Å². The molecule has 2 aromatic rings. The molecule has 2 rings (SSSR count). The third-order valence-electron chi connectivity index (χ3n) is 1.75. The minimum atomic E-state index is -0.0427. The van der Waals surface area contributed by atoms with Crippen molar-refractivity contribution < 1.29 is 45.2 Å². The number of hydrogen-bond acceptors (Lipinski definition) is 0. The predicted molar refractivity (Wildman–Crippen MR) is 55.3 cm³/mol. The van der Waals surface area contributed by atoms with Crippen LogP contribution in [-0.2, 0) is 0 Å². The minimum Gasteiger partial charge on any atom is -1.00 e. The molecule has 0 nitrogen and oxygen atoms in total. The van der Waals surface area contributed by atoms with Crippen LogP contribution in [0.2, 0.25) is 5.02 Å². The first-order valence-corrected chi connectivity index (χ1v) is 6.83. The van der Waals surface area contributed by atoms with Crippen LogP contribution in [0, 0.1) is 7.14 Å². The van der Waals surface area contributed by atoms with Gasteiger partial charge in [0.15, 0.2) is 7.14 Å². The fourth-order valence-corrected chi connectivity index (χ4v) is 3.44. The first kappa shape index (κ1) is 13.3. The Morgan fingerprint density at radius 3 is 1.87 bits per heavy atom. The lowest BCUT2D eigenvalue weighted by atomic mass is 10.4. The highest BCUT2D eigenvalue weighted by Gasteiger charge is 2.13. The normalized spacial score (nSPS) is 9.40. The van der Waals surface area contributed by atoms with E-state index in [4.69, 9.17) is 11.6 Å². The van der Waals surface area contributed by atoms with Crippen molar-refractivity contribution in [3.05, 3.63) is 66.8 Å². The Labute approximate surface area is 122 Å². The Bertz CT molecular complexity index is 398. The van der Waals surface area contributed by atoms with Crippen LogP contribution in [0.3, 0.4) is 0 Å². The van der Waals surface area contributed by atoms with Crippen LogP contribution in [0.15, 0.2) is 54.6 Å². The molecule has 0 fully saturated rings. The Kier molecular flexibility index (Phi) is 5.92. The maximum Gasteiger partial charge on any atom is 0.357 e. The van der Waals surface area contributed by atoms with Crippen molar-refractivity contribution in [2.45, 2.75) is 0 Å². The van der Waals surface area contributed by atoms with Gasteiger partial charge in [-0.1, -0.05) is 29.8 Å². The molecule has 0 unspecified atom stereocenters. The largest absolute Gasteiger partial charge is 1.00 e. The van der Waals surface area contributed by atoms with E-state index in [0.29, 0.717) is 0 Å². The van der Waals surface area contributed by atoms with Crippen molar-refractivity contribution in [1.29, 1.82) is 0 Å². The molecule has 0 aromatic heterocycles. The van der Waals surface area contributed by atoms with E-state index in [9.17, 15) is 0 Å². The lowest BCUT2D eigenvalue weighted by Gasteiger charge is -1.87. The SMILES string of the molecule is Clc1ccc([I+]c2ccccc2)cc1.[I-]. The molecule has 2 aromatic carbocycles. The van der Waals surface area contributed by atoms with Gasteiger partial charge in [-0.25, -0.2) is 0 Å². The Morgan fingerprint density at radius 2 is 1.27 bits per heavy atom. The minimum absolute atomic E-state index is 0. The number of rotatable bonds is 2. The van der Waals surface area contributed by atoms with Crippen molar-refractivity contribution >= 4 is 11.6 Å². The average molecular weight is 442 g/mol. The van der Waals surface area contributed by atoms with Crippen molar-refractivity contribution in [2.24, 2.45) is 0 Å². The molecule has 0 N–H and O–H groups in total. The number of hydrogen-bond donors (Lipinski definition) is 0. The molecular weight excluding hydrogens is 433 g/mol. The van der Waals surface area contributed by atoms with E-state index in [2.05, 4.69) is 42.5 Å².